The number of nitrogens with zero attached hydrogens (tertiary/aromatic N) is 1. The van der Waals surface area contributed by atoms with Crippen LogP contribution < -0.4 is 5.73 Å². The zero-order valence-corrected chi connectivity index (χ0v) is 17.0. The van der Waals surface area contributed by atoms with E-state index in [1.807, 2.05) is 0 Å². The number of hydrogen-bond donors (Lipinski definition) is 3. The lowest BCUT2D eigenvalue weighted by Gasteiger charge is -2.55. The van der Waals surface area contributed by atoms with Crippen LogP contribution in [0.5, 0.6) is 0 Å². The summed E-state index contributed by atoms with van der Waals surface area (Å²) in [6, 6.07) is 0. The van der Waals surface area contributed by atoms with E-state index in [4.69, 9.17) is 5.73 Å². The molecule has 0 spiro atoms. The van der Waals surface area contributed by atoms with Crippen molar-refractivity contribution in [2.24, 2.45) is 40.2 Å². The molecule has 6 atom stereocenters. The third-order valence-corrected chi connectivity index (χ3v) is 8.86. The second-order valence-electron chi connectivity index (χ2n) is 9.84. The van der Waals surface area contributed by atoms with Crippen molar-refractivity contribution in [1.82, 2.24) is 10.2 Å². The Bertz CT molecular complexity index is 763. The van der Waals surface area contributed by atoms with Crippen molar-refractivity contribution in [2.45, 2.75) is 58.8 Å². The maximum atomic E-state index is 13.5. The van der Waals surface area contributed by atoms with Crippen molar-refractivity contribution in [2.75, 3.05) is 13.2 Å². The molecule has 0 amide bonds. The van der Waals surface area contributed by atoms with Crippen molar-refractivity contribution in [3.05, 3.63) is 29.1 Å². The average Bonchev–Trinajstić information content (AvgIpc) is 3.20. The molecule has 2 saturated carbocycles. The number of halogens is 2. The first-order chi connectivity index (χ1) is 13.3. The van der Waals surface area contributed by atoms with Gasteiger partial charge in [0.2, 0.25) is 0 Å². The van der Waals surface area contributed by atoms with Gasteiger partial charge in [-0.3, -0.25) is 5.10 Å². The number of allylic oxidation sites excluding steroid dienone is 1. The predicted molar refractivity (Wildman–Crippen MR) is 105 cm³/mol. The molecule has 3 aliphatic rings. The van der Waals surface area contributed by atoms with Crippen LogP contribution in [0.1, 0.15) is 62.9 Å². The summed E-state index contributed by atoms with van der Waals surface area (Å²) in [6.07, 6.45) is 2.80. The number of aromatic amines is 1. The van der Waals surface area contributed by atoms with Crippen molar-refractivity contribution in [3.8, 4) is 0 Å². The van der Waals surface area contributed by atoms with E-state index in [-0.39, 0.29) is 29.0 Å². The standard InChI is InChI=1S/C22H33F2N3O/c1-12-4-5-16-15(10-25)17(6-7-21(12,16)2)22(3)9-14-18(8-13(22)11-28)26-27-19(14)20(23)24/h13,15-17,20,28H,1,4-11,25H2,2-3H3,(H,26,27)/t13-,15?,16?,17?,21?,22+/m1/s1. The van der Waals surface area contributed by atoms with Crippen LogP contribution in [0.4, 0.5) is 8.78 Å². The van der Waals surface area contributed by atoms with E-state index in [0.29, 0.717) is 42.7 Å². The van der Waals surface area contributed by atoms with Crippen LogP contribution in [0.3, 0.4) is 0 Å². The highest BCUT2D eigenvalue weighted by molar-refractivity contribution is 5.32. The first-order valence-electron chi connectivity index (χ1n) is 10.6. The van der Waals surface area contributed by atoms with Gasteiger partial charge in [-0.05, 0) is 79.6 Å². The lowest BCUT2D eigenvalue weighted by Crippen LogP contribution is -2.53. The fraction of sp³-hybridized carbons (Fsp3) is 0.773. The SMILES string of the molecule is C=C1CCC2C(CN)C([C@@]3(C)Cc4c(C(F)F)n[nH]c4C[C@@H]3CO)CCC12C. The molecule has 4 rings (SSSR count). The Morgan fingerprint density at radius 3 is 2.71 bits per heavy atom. The summed E-state index contributed by atoms with van der Waals surface area (Å²) in [5, 5.41) is 16.9. The Morgan fingerprint density at radius 1 is 1.32 bits per heavy atom. The number of alkyl halides is 2. The lowest BCUT2D eigenvalue weighted by atomic mass is 9.49. The highest BCUT2D eigenvalue weighted by Crippen LogP contribution is 2.62. The van der Waals surface area contributed by atoms with Crippen LogP contribution in [-0.2, 0) is 12.8 Å². The molecule has 0 aliphatic heterocycles. The van der Waals surface area contributed by atoms with Crippen LogP contribution in [0.2, 0.25) is 0 Å². The van der Waals surface area contributed by atoms with Gasteiger partial charge in [0.1, 0.15) is 5.69 Å². The van der Waals surface area contributed by atoms with E-state index in [0.717, 1.165) is 31.4 Å². The van der Waals surface area contributed by atoms with E-state index in [1.54, 1.807) is 0 Å². The smallest absolute Gasteiger partial charge is 0.282 e. The first kappa shape index (κ1) is 20.0. The van der Waals surface area contributed by atoms with Crippen molar-refractivity contribution >= 4 is 0 Å². The first-order valence-corrected chi connectivity index (χ1v) is 10.6. The third kappa shape index (κ3) is 2.71. The minimum atomic E-state index is -2.58. The molecular formula is C22H33F2N3O. The van der Waals surface area contributed by atoms with Gasteiger partial charge in [0.15, 0.2) is 0 Å². The summed E-state index contributed by atoms with van der Waals surface area (Å²) in [5.41, 5.74) is 8.89. The van der Waals surface area contributed by atoms with Crippen molar-refractivity contribution in [3.63, 3.8) is 0 Å². The molecule has 156 valence electrons. The Kier molecular flexibility index (Phi) is 4.94. The van der Waals surface area contributed by atoms with E-state index >= 15 is 0 Å². The van der Waals surface area contributed by atoms with Crippen LogP contribution in [0.15, 0.2) is 12.2 Å². The molecule has 4 N–H and O–H groups in total. The lowest BCUT2D eigenvalue weighted by molar-refractivity contribution is -0.0539. The molecule has 0 bridgehead atoms. The highest BCUT2D eigenvalue weighted by atomic mass is 19.3. The van der Waals surface area contributed by atoms with Gasteiger partial charge >= 0.3 is 0 Å². The topological polar surface area (TPSA) is 74.9 Å². The minimum absolute atomic E-state index is 0.0268. The molecule has 28 heavy (non-hydrogen) atoms. The Hall–Kier alpha value is -1.27. The number of aliphatic hydroxyl groups is 1. The normalized spacial score (nSPS) is 40.6. The molecule has 1 aromatic rings. The Morgan fingerprint density at radius 2 is 2.07 bits per heavy atom. The number of H-pyrrole nitrogens is 1. The average molecular weight is 394 g/mol. The zero-order chi connectivity index (χ0) is 20.3. The fourth-order valence-corrected chi connectivity index (χ4v) is 7.02. The number of fused-ring (bicyclic) bond motifs is 2. The molecule has 6 heteroatoms. The van der Waals surface area contributed by atoms with E-state index in [9.17, 15) is 13.9 Å². The predicted octanol–water partition coefficient (Wildman–Crippen LogP) is 4.02. The van der Waals surface area contributed by atoms with E-state index < -0.39 is 6.43 Å². The fourth-order valence-electron chi connectivity index (χ4n) is 7.02. The number of aliphatic hydroxyl groups excluding tert-OH is 1. The number of hydrogen-bond acceptors (Lipinski definition) is 3. The Labute approximate surface area is 166 Å². The van der Waals surface area contributed by atoms with Crippen molar-refractivity contribution in [1.29, 1.82) is 0 Å². The number of nitrogens with two attached hydrogens (primary N) is 1. The number of aromatic nitrogens is 2. The molecule has 2 fully saturated rings. The molecule has 1 heterocycles. The summed E-state index contributed by atoms with van der Waals surface area (Å²) in [4.78, 5) is 0. The summed E-state index contributed by atoms with van der Waals surface area (Å²) >= 11 is 0. The summed E-state index contributed by atoms with van der Waals surface area (Å²) in [7, 11) is 0. The van der Waals surface area contributed by atoms with Gasteiger partial charge in [-0.25, -0.2) is 8.78 Å². The van der Waals surface area contributed by atoms with Crippen LogP contribution in [0, 0.1) is 34.5 Å². The number of rotatable bonds is 4. The zero-order valence-electron chi connectivity index (χ0n) is 17.0. The summed E-state index contributed by atoms with van der Waals surface area (Å²) in [5.74, 6) is 1.17. The second kappa shape index (κ2) is 6.91. The van der Waals surface area contributed by atoms with Crippen LogP contribution in [-0.4, -0.2) is 28.5 Å². The van der Waals surface area contributed by atoms with Crippen LogP contribution >= 0.6 is 0 Å². The highest BCUT2D eigenvalue weighted by Gasteiger charge is 2.56. The van der Waals surface area contributed by atoms with Crippen LogP contribution in [0.25, 0.3) is 0 Å². The second-order valence-corrected chi connectivity index (χ2v) is 9.84. The largest absolute Gasteiger partial charge is 0.396 e. The molecule has 4 unspecified atom stereocenters. The van der Waals surface area contributed by atoms with Gasteiger partial charge in [-0.15, -0.1) is 0 Å². The van der Waals surface area contributed by atoms with Gasteiger partial charge in [-0.1, -0.05) is 26.0 Å². The van der Waals surface area contributed by atoms with Gasteiger partial charge < -0.3 is 10.8 Å². The monoisotopic (exact) mass is 393 g/mol. The molecular weight excluding hydrogens is 360 g/mol. The maximum absolute atomic E-state index is 13.5. The van der Waals surface area contributed by atoms with Crippen molar-refractivity contribution < 1.29 is 13.9 Å². The van der Waals surface area contributed by atoms with Gasteiger partial charge in [0.25, 0.3) is 6.43 Å². The molecule has 0 aromatic carbocycles. The van der Waals surface area contributed by atoms with E-state index in [1.165, 1.54) is 5.57 Å². The molecule has 0 saturated heterocycles. The van der Waals surface area contributed by atoms with Gasteiger partial charge in [0, 0.05) is 17.9 Å². The molecule has 0 radical (unpaired) electrons. The molecule has 4 nitrogen and oxygen atoms in total. The molecule has 1 aromatic heterocycles. The summed E-state index contributed by atoms with van der Waals surface area (Å²) < 4.78 is 27.0. The third-order valence-electron chi connectivity index (χ3n) is 8.86. The quantitative estimate of drug-likeness (QED) is 0.677. The maximum Gasteiger partial charge on any atom is 0.282 e. The number of nitrogens with one attached hydrogen (secondary N) is 1. The minimum Gasteiger partial charge on any atom is -0.396 e. The van der Waals surface area contributed by atoms with Gasteiger partial charge in [0.05, 0.1) is 0 Å². The van der Waals surface area contributed by atoms with Gasteiger partial charge in [-0.2, -0.15) is 5.10 Å². The molecule has 3 aliphatic carbocycles. The summed E-state index contributed by atoms with van der Waals surface area (Å²) in [6.45, 7) is 9.53. The van der Waals surface area contributed by atoms with E-state index in [2.05, 4.69) is 30.6 Å². The Balaban J connectivity index is 1.71.